The fraction of sp³-hybridized carbons (Fsp3) is 0.542. The Bertz CT molecular complexity index is 1380. The third-order valence-corrected chi connectivity index (χ3v) is 7.34. The monoisotopic (exact) mass is 626 g/mol. The van der Waals surface area contributed by atoms with Crippen LogP contribution < -0.4 is 11.1 Å². The lowest BCUT2D eigenvalue weighted by Crippen LogP contribution is -2.71. The van der Waals surface area contributed by atoms with Gasteiger partial charge in [0.2, 0.25) is 17.1 Å². The normalized spacial score (nSPS) is 19.0. The number of rotatable bonds is 11. The lowest BCUT2D eigenvalue weighted by Gasteiger charge is -2.49. The number of esters is 2. The van der Waals surface area contributed by atoms with Crippen molar-refractivity contribution in [1.29, 1.82) is 0 Å². The van der Waals surface area contributed by atoms with Crippen molar-refractivity contribution in [2.75, 3.05) is 18.1 Å². The second-order valence-corrected chi connectivity index (χ2v) is 12.5. The Morgan fingerprint density at radius 3 is 2.40 bits per heavy atom. The number of carbonyl (C=O) groups is 6. The number of aromatic nitrogens is 2. The third-order valence-electron chi connectivity index (χ3n) is 5.46. The molecular formula is C24H30N6O10S2. The summed E-state index contributed by atoms with van der Waals surface area (Å²) in [6, 6.07) is -1.17. The first-order valence-electron chi connectivity index (χ1n) is 12.4. The van der Waals surface area contributed by atoms with Gasteiger partial charge in [0.15, 0.2) is 5.13 Å². The highest BCUT2D eigenvalue weighted by molar-refractivity contribution is 8.00. The predicted octanol–water partition coefficient (Wildman–Crippen LogP) is 0.222. The molecule has 2 atom stereocenters. The van der Waals surface area contributed by atoms with E-state index in [9.17, 15) is 33.9 Å². The van der Waals surface area contributed by atoms with Crippen molar-refractivity contribution in [3.63, 3.8) is 0 Å². The Kier molecular flexibility index (Phi) is 9.61. The highest BCUT2D eigenvalue weighted by Gasteiger charge is 2.54. The summed E-state index contributed by atoms with van der Waals surface area (Å²) < 4.78 is 14.3. The van der Waals surface area contributed by atoms with Crippen LogP contribution in [0.3, 0.4) is 0 Å². The van der Waals surface area contributed by atoms with E-state index in [-0.39, 0.29) is 28.0 Å². The van der Waals surface area contributed by atoms with Crippen LogP contribution >= 0.6 is 23.3 Å². The number of nitrogens with two attached hydrogens (primary N) is 1. The molecule has 1 aromatic rings. The first-order chi connectivity index (χ1) is 19.4. The lowest BCUT2D eigenvalue weighted by molar-refractivity contribution is -0.179. The van der Waals surface area contributed by atoms with Gasteiger partial charge in [0.25, 0.3) is 11.8 Å². The van der Waals surface area contributed by atoms with E-state index >= 15 is 0 Å². The topological polar surface area (TPSA) is 230 Å². The minimum Gasteiger partial charge on any atom is -0.477 e. The number of anilines is 1. The number of ketones is 1. The van der Waals surface area contributed by atoms with Gasteiger partial charge in [0, 0.05) is 22.9 Å². The van der Waals surface area contributed by atoms with Crippen molar-refractivity contribution in [3.05, 3.63) is 17.1 Å². The summed E-state index contributed by atoms with van der Waals surface area (Å²) in [5.74, 6) is -5.29. The van der Waals surface area contributed by atoms with Crippen LogP contribution in [0.5, 0.6) is 0 Å². The van der Waals surface area contributed by atoms with Crippen LogP contribution in [0.15, 0.2) is 16.4 Å². The molecule has 4 N–H and O–H groups in total. The number of ether oxygens (including phenoxy) is 2. The van der Waals surface area contributed by atoms with Crippen molar-refractivity contribution in [2.45, 2.75) is 70.6 Å². The van der Waals surface area contributed by atoms with Gasteiger partial charge < -0.3 is 30.5 Å². The zero-order valence-electron chi connectivity index (χ0n) is 23.6. The Morgan fingerprint density at radius 1 is 1.19 bits per heavy atom. The molecule has 2 aliphatic heterocycles. The molecule has 0 radical (unpaired) electrons. The van der Waals surface area contributed by atoms with E-state index in [0.717, 1.165) is 28.2 Å². The molecule has 2 aliphatic rings. The van der Waals surface area contributed by atoms with Crippen molar-refractivity contribution in [2.24, 2.45) is 5.16 Å². The number of carboxylic acids is 1. The molecular weight excluding hydrogens is 596 g/mol. The van der Waals surface area contributed by atoms with Crippen molar-refractivity contribution >= 4 is 69.6 Å². The molecule has 1 unspecified atom stereocenters. The Morgan fingerprint density at radius 2 is 1.86 bits per heavy atom. The number of Topliss-reactive ketones (excluding diaryl/α,β-unsaturated/α-hetero) is 1. The van der Waals surface area contributed by atoms with Crippen LogP contribution in [0.4, 0.5) is 5.13 Å². The SMILES string of the molecule is CC(=O)CC(=O)OCC1=C(C(=O)O)N2C(=O)C(NC(=O)C(=NOC(C)(C)C(=O)OC(C)(C)C)c3nsc(N)n3)[C@H]2SC1. The number of nitrogens with one attached hydrogen (secondary N) is 1. The first-order valence-corrected chi connectivity index (χ1v) is 14.2. The molecule has 18 heteroatoms. The highest BCUT2D eigenvalue weighted by atomic mass is 32.2. The number of oxime groups is 1. The molecule has 0 bridgehead atoms. The highest BCUT2D eigenvalue weighted by Crippen LogP contribution is 2.40. The summed E-state index contributed by atoms with van der Waals surface area (Å²) in [6.45, 7) is 8.55. The van der Waals surface area contributed by atoms with E-state index in [1.807, 2.05) is 0 Å². The van der Waals surface area contributed by atoms with Crippen molar-refractivity contribution in [1.82, 2.24) is 19.6 Å². The largest absolute Gasteiger partial charge is 0.477 e. The molecule has 0 aliphatic carbocycles. The minimum atomic E-state index is -1.63. The van der Waals surface area contributed by atoms with Crippen LogP contribution in [0.1, 0.15) is 53.8 Å². The maximum atomic E-state index is 13.3. The fourth-order valence-corrected chi connectivity index (χ4v) is 5.30. The number of hydrogen-bond acceptors (Lipinski definition) is 15. The van der Waals surface area contributed by atoms with E-state index < -0.39 is 76.9 Å². The molecule has 1 aromatic heterocycles. The number of aliphatic carboxylic acids is 1. The second-order valence-electron chi connectivity index (χ2n) is 10.7. The smallest absolute Gasteiger partial charge is 0.353 e. The summed E-state index contributed by atoms with van der Waals surface area (Å²) in [5.41, 5.74) is 2.49. The Hall–Kier alpha value is -4.06. The maximum absolute atomic E-state index is 13.3. The number of hydrogen-bond donors (Lipinski definition) is 3. The summed E-state index contributed by atoms with van der Waals surface area (Å²) in [5, 5.41) is 15.3. The molecule has 0 spiro atoms. The number of β-lactam (4-membered cyclic amide) rings is 1. The van der Waals surface area contributed by atoms with E-state index in [0.29, 0.717) is 0 Å². The average molecular weight is 627 g/mol. The van der Waals surface area contributed by atoms with Crippen LogP contribution in [0, 0.1) is 0 Å². The molecule has 1 saturated heterocycles. The summed E-state index contributed by atoms with van der Waals surface area (Å²) >= 11 is 1.90. The van der Waals surface area contributed by atoms with Gasteiger partial charge in [-0.05, 0) is 41.5 Å². The van der Waals surface area contributed by atoms with E-state index in [1.54, 1.807) is 20.8 Å². The number of fused-ring (bicyclic) bond motifs is 1. The average Bonchev–Trinajstić information content (AvgIpc) is 3.29. The quantitative estimate of drug-likeness (QED) is 0.0981. The number of carbonyl (C=O) groups excluding carboxylic acids is 5. The van der Waals surface area contributed by atoms with E-state index in [4.69, 9.17) is 20.0 Å². The standard InChI is InChI=1S/C24H30N6O10S2/c1-10(31)7-12(32)38-8-11-9-41-19-14(18(34)30(19)15(11)20(35)36)26-17(33)13(16-27-22(25)42-29-16)28-40-24(5,6)21(37)39-23(2,3)4/h14,19H,7-9H2,1-6H3,(H,26,33)(H,35,36)(H2,25,27,29)/t14?,19-/m1/s1. The predicted molar refractivity (Wildman–Crippen MR) is 148 cm³/mol. The molecule has 2 amide bonds. The van der Waals surface area contributed by atoms with Gasteiger partial charge in [0.05, 0.1) is 0 Å². The third kappa shape index (κ3) is 7.61. The summed E-state index contributed by atoms with van der Waals surface area (Å²) in [6.07, 6.45) is -0.468. The second kappa shape index (κ2) is 12.4. The fourth-order valence-electron chi connectivity index (χ4n) is 3.54. The number of nitrogen functional groups attached to an aromatic ring is 1. The van der Waals surface area contributed by atoms with E-state index in [1.165, 1.54) is 20.8 Å². The summed E-state index contributed by atoms with van der Waals surface area (Å²) in [4.78, 5) is 84.1. The molecule has 0 saturated carbocycles. The molecule has 3 rings (SSSR count). The van der Waals surface area contributed by atoms with Crippen LogP contribution in [0.25, 0.3) is 0 Å². The Labute approximate surface area is 248 Å². The van der Waals surface area contributed by atoms with Gasteiger partial charge in [-0.15, -0.1) is 11.8 Å². The number of carboxylic acid groups (broad SMARTS) is 1. The first kappa shape index (κ1) is 32.5. The van der Waals surface area contributed by atoms with Gasteiger partial charge in [-0.2, -0.15) is 9.36 Å². The zero-order valence-corrected chi connectivity index (χ0v) is 25.2. The zero-order chi connectivity index (χ0) is 31.6. The summed E-state index contributed by atoms with van der Waals surface area (Å²) in [7, 11) is 0. The van der Waals surface area contributed by atoms with Gasteiger partial charge in [-0.25, -0.2) is 9.59 Å². The molecule has 42 heavy (non-hydrogen) atoms. The number of amides is 2. The molecule has 3 heterocycles. The van der Waals surface area contributed by atoms with Gasteiger partial charge in [0.1, 0.15) is 41.5 Å². The number of thioether (sulfide) groups is 1. The van der Waals surface area contributed by atoms with Crippen LogP contribution in [0.2, 0.25) is 0 Å². The molecule has 16 nitrogen and oxygen atoms in total. The van der Waals surface area contributed by atoms with Gasteiger partial charge in [-0.3, -0.25) is 24.1 Å². The van der Waals surface area contributed by atoms with Crippen LogP contribution in [-0.2, 0) is 43.1 Å². The van der Waals surface area contributed by atoms with Crippen molar-refractivity contribution < 1.29 is 48.2 Å². The molecule has 1 fully saturated rings. The maximum Gasteiger partial charge on any atom is 0.353 e. The Balaban J connectivity index is 1.79. The van der Waals surface area contributed by atoms with Gasteiger partial charge >= 0.3 is 17.9 Å². The van der Waals surface area contributed by atoms with Gasteiger partial charge in [-0.1, -0.05) is 5.16 Å². The van der Waals surface area contributed by atoms with Crippen LogP contribution in [-0.4, -0.2) is 95.6 Å². The van der Waals surface area contributed by atoms with E-state index in [2.05, 4.69) is 19.8 Å². The minimum absolute atomic E-state index is 0.0124. The molecule has 228 valence electrons. The molecule has 0 aromatic carbocycles. The number of nitrogens with zero attached hydrogens (tertiary/aromatic N) is 4. The van der Waals surface area contributed by atoms with Crippen molar-refractivity contribution in [3.8, 4) is 0 Å². The lowest BCUT2D eigenvalue weighted by atomic mass is 10.0.